The third-order valence-electron chi connectivity index (χ3n) is 5.86. The maximum Gasteiger partial charge on any atom is 0.258 e. The van der Waals surface area contributed by atoms with Gasteiger partial charge in [-0.3, -0.25) is 9.69 Å². The van der Waals surface area contributed by atoms with Crippen molar-refractivity contribution < 1.29 is 0 Å². The van der Waals surface area contributed by atoms with Gasteiger partial charge in [-0.25, -0.2) is 9.97 Å². The molecule has 6 nitrogen and oxygen atoms in total. The molecule has 0 unspecified atom stereocenters. The number of H-pyrrole nitrogens is 1. The number of aryl methyl sites for hydroxylation is 1. The third-order valence-corrected chi connectivity index (χ3v) is 7.24. The largest absolute Gasteiger partial charge is 0.309 e. The molecule has 4 aromatic rings. The summed E-state index contributed by atoms with van der Waals surface area (Å²) in [7, 11) is 0. The molecule has 3 aromatic heterocycles. The maximum atomic E-state index is 12.4. The lowest BCUT2D eigenvalue weighted by atomic mass is 10.1. The van der Waals surface area contributed by atoms with E-state index in [-0.39, 0.29) is 5.56 Å². The lowest BCUT2D eigenvalue weighted by molar-refractivity contribution is 0.222. The number of hydrogen-bond acceptors (Lipinski definition) is 5. The van der Waals surface area contributed by atoms with Crippen LogP contribution in [0, 0.1) is 6.92 Å². The first-order valence-electron chi connectivity index (χ1n) is 10.4. The van der Waals surface area contributed by atoms with Crippen molar-refractivity contribution in [2.75, 3.05) is 13.1 Å². The number of piperidine rings is 1. The predicted octanol–water partition coefficient (Wildman–Crippen LogP) is 3.78. The molecule has 4 heterocycles. The Morgan fingerprint density at radius 2 is 2.03 bits per heavy atom. The Morgan fingerprint density at radius 1 is 1.17 bits per heavy atom. The van der Waals surface area contributed by atoms with Gasteiger partial charge in [-0.1, -0.05) is 18.2 Å². The number of nitrogens with one attached hydrogen (secondary N) is 1. The van der Waals surface area contributed by atoms with Crippen LogP contribution < -0.4 is 5.56 Å². The molecule has 1 N–H and O–H groups in total. The average molecular weight is 420 g/mol. The van der Waals surface area contributed by atoms with Crippen LogP contribution in [-0.2, 0) is 12.3 Å². The second-order valence-electron chi connectivity index (χ2n) is 7.95. The van der Waals surface area contributed by atoms with Crippen molar-refractivity contribution in [3.05, 3.63) is 76.2 Å². The van der Waals surface area contributed by atoms with E-state index in [1.807, 2.05) is 61.3 Å². The summed E-state index contributed by atoms with van der Waals surface area (Å²) in [6, 6.07) is 11.9. The van der Waals surface area contributed by atoms with Gasteiger partial charge in [0.1, 0.15) is 11.5 Å². The summed E-state index contributed by atoms with van der Waals surface area (Å²) in [5.74, 6) is 1.53. The van der Waals surface area contributed by atoms with Crippen molar-refractivity contribution in [2.45, 2.75) is 37.3 Å². The Balaban J connectivity index is 1.18. The number of para-hydroxylation sites is 1. The molecular weight excluding hydrogens is 394 g/mol. The predicted molar refractivity (Wildman–Crippen MR) is 122 cm³/mol. The maximum absolute atomic E-state index is 12.4. The van der Waals surface area contributed by atoms with Gasteiger partial charge in [0.2, 0.25) is 0 Å². The lowest BCUT2D eigenvalue weighted by Gasteiger charge is -2.31. The summed E-state index contributed by atoms with van der Waals surface area (Å²) in [5.41, 5.74) is 4.07. The Hall–Kier alpha value is -2.64. The third kappa shape index (κ3) is 3.87. The molecule has 0 radical (unpaired) electrons. The molecule has 154 valence electrons. The molecule has 1 aliphatic rings. The topological polar surface area (TPSA) is 66.3 Å². The van der Waals surface area contributed by atoms with E-state index in [4.69, 9.17) is 4.98 Å². The van der Waals surface area contributed by atoms with Crippen LogP contribution in [0.3, 0.4) is 0 Å². The molecule has 1 fully saturated rings. The van der Waals surface area contributed by atoms with E-state index >= 15 is 0 Å². The Bertz CT molecular complexity index is 1240. The fourth-order valence-corrected chi connectivity index (χ4v) is 5.26. The summed E-state index contributed by atoms with van der Waals surface area (Å²) < 4.78 is 2.17. The molecule has 0 spiro atoms. The fraction of sp³-hybridized carbons (Fsp3) is 0.348. The molecule has 7 heteroatoms. The van der Waals surface area contributed by atoms with Crippen molar-refractivity contribution in [2.24, 2.45) is 0 Å². The zero-order valence-electron chi connectivity index (χ0n) is 17.0. The van der Waals surface area contributed by atoms with Crippen LogP contribution in [-0.4, -0.2) is 42.6 Å². The van der Waals surface area contributed by atoms with Crippen LogP contribution >= 0.6 is 11.8 Å². The number of thioether (sulfide) groups is 1. The molecule has 1 aliphatic heterocycles. The van der Waals surface area contributed by atoms with E-state index in [2.05, 4.69) is 25.5 Å². The summed E-state index contributed by atoms with van der Waals surface area (Å²) >= 11 is 1.91. The standard InChI is InChI=1S/C23H25N5OS/c1-16-5-4-6-19-22(16)25-20(26-23(19)29)15-30-18-8-11-27(12-9-18)14-17-13-24-21-7-2-3-10-28(17)21/h2-7,10,13,18H,8-9,11-12,14-15H2,1H3,(H,25,26,29). The van der Waals surface area contributed by atoms with Crippen LogP contribution in [0.4, 0.5) is 0 Å². The SMILES string of the molecule is Cc1cccc2c(=O)[nH]c(CSC3CCN(Cc4cnc5ccccn45)CC3)nc12. The van der Waals surface area contributed by atoms with Gasteiger partial charge < -0.3 is 9.38 Å². The van der Waals surface area contributed by atoms with E-state index in [9.17, 15) is 4.79 Å². The van der Waals surface area contributed by atoms with E-state index in [0.717, 1.165) is 60.8 Å². The molecule has 30 heavy (non-hydrogen) atoms. The molecule has 0 bridgehead atoms. The number of nitrogens with zero attached hydrogens (tertiary/aromatic N) is 4. The lowest BCUT2D eigenvalue weighted by Crippen LogP contribution is -2.34. The van der Waals surface area contributed by atoms with E-state index < -0.39 is 0 Å². The van der Waals surface area contributed by atoms with Gasteiger partial charge in [0.15, 0.2) is 0 Å². The Morgan fingerprint density at radius 3 is 2.90 bits per heavy atom. The molecule has 0 amide bonds. The highest BCUT2D eigenvalue weighted by atomic mass is 32.2. The van der Waals surface area contributed by atoms with Gasteiger partial charge in [0.25, 0.3) is 5.56 Å². The monoisotopic (exact) mass is 419 g/mol. The molecule has 0 atom stereocenters. The van der Waals surface area contributed by atoms with E-state index in [0.29, 0.717) is 10.6 Å². The van der Waals surface area contributed by atoms with Crippen LogP contribution in [0.15, 0.2) is 53.6 Å². The van der Waals surface area contributed by atoms with Gasteiger partial charge in [-0.15, -0.1) is 0 Å². The van der Waals surface area contributed by atoms with Gasteiger partial charge in [0, 0.05) is 18.0 Å². The molecule has 1 saturated heterocycles. The molecule has 1 aromatic carbocycles. The first kappa shape index (κ1) is 19.3. The normalized spacial score (nSPS) is 15.9. The number of fused-ring (bicyclic) bond motifs is 2. The Labute approximate surface area is 179 Å². The first-order chi connectivity index (χ1) is 14.7. The second kappa shape index (κ2) is 8.24. The number of likely N-dealkylation sites (tertiary alicyclic amines) is 1. The number of pyridine rings is 1. The summed E-state index contributed by atoms with van der Waals surface area (Å²) in [6.45, 7) is 5.10. The minimum atomic E-state index is -0.0397. The molecule has 0 aliphatic carbocycles. The highest BCUT2D eigenvalue weighted by Crippen LogP contribution is 2.27. The minimum absolute atomic E-state index is 0.0397. The minimum Gasteiger partial charge on any atom is -0.309 e. The van der Waals surface area contributed by atoms with Crippen LogP contribution in [0.5, 0.6) is 0 Å². The molecular formula is C23H25N5OS. The number of aromatic amines is 1. The zero-order valence-corrected chi connectivity index (χ0v) is 17.9. The first-order valence-corrected chi connectivity index (χ1v) is 11.5. The van der Waals surface area contributed by atoms with Crippen molar-refractivity contribution in [1.82, 2.24) is 24.3 Å². The number of benzene rings is 1. The summed E-state index contributed by atoms with van der Waals surface area (Å²) in [5, 5.41) is 1.27. The van der Waals surface area contributed by atoms with Crippen molar-refractivity contribution in [1.29, 1.82) is 0 Å². The molecule has 0 saturated carbocycles. The Kier molecular flexibility index (Phi) is 5.31. The van der Waals surface area contributed by atoms with E-state index in [1.165, 1.54) is 5.69 Å². The van der Waals surface area contributed by atoms with Gasteiger partial charge in [0.05, 0.1) is 28.5 Å². The van der Waals surface area contributed by atoms with Crippen molar-refractivity contribution in [3.63, 3.8) is 0 Å². The van der Waals surface area contributed by atoms with E-state index in [1.54, 1.807) is 0 Å². The van der Waals surface area contributed by atoms with Crippen molar-refractivity contribution >= 4 is 28.3 Å². The van der Waals surface area contributed by atoms with Gasteiger partial charge in [-0.2, -0.15) is 11.8 Å². The zero-order chi connectivity index (χ0) is 20.5. The average Bonchev–Trinajstić information content (AvgIpc) is 3.17. The smallest absolute Gasteiger partial charge is 0.258 e. The quantitative estimate of drug-likeness (QED) is 0.533. The van der Waals surface area contributed by atoms with Crippen LogP contribution in [0.25, 0.3) is 16.6 Å². The number of hydrogen-bond donors (Lipinski definition) is 1. The van der Waals surface area contributed by atoms with Gasteiger partial charge in [-0.05, 0) is 56.6 Å². The fourth-order valence-electron chi connectivity index (χ4n) is 4.18. The number of imidazole rings is 1. The molecule has 5 rings (SSSR count). The highest BCUT2D eigenvalue weighted by molar-refractivity contribution is 7.99. The van der Waals surface area contributed by atoms with Crippen LogP contribution in [0.1, 0.15) is 29.9 Å². The highest BCUT2D eigenvalue weighted by Gasteiger charge is 2.21. The number of rotatable bonds is 5. The summed E-state index contributed by atoms with van der Waals surface area (Å²) in [6.07, 6.45) is 6.37. The van der Waals surface area contributed by atoms with Crippen molar-refractivity contribution in [3.8, 4) is 0 Å². The van der Waals surface area contributed by atoms with Gasteiger partial charge >= 0.3 is 0 Å². The van der Waals surface area contributed by atoms with Crippen LogP contribution in [0.2, 0.25) is 0 Å². The second-order valence-corrected chi connectivity index (χ2v) is 9.24. The summed E-state index contributed by atoms with van der Waals surface area (Å²) in [4.78, 5) is 27.1. The number of aromatic nitrogens is 4.